The summed E-state index contributed by atoms with van der Waals surface area (Å²) in [5.41, 5.74) is 1.23. The molecule has 1 aromatic carbocycles. The quantitative estimate of drug-likeness (QED) is 0.582. The molecule has 1 aliphatic heterocycles. The summed E-state index contributed by atoms with van der Waals surface area (Å²) in [4.78, 5) is 4.01. The molecule has 1 aliphatic rings. The zero-order valence-corrected chi connectivity index (χ0v) is 8.80. The minimum atomic E-state index is 0.652. The van der Waals surface area contributed by atoms with Crippen molar-refractivity contribution in [2.24, 2.45) is 5.16 Å². The molecule has 0 unspecified atom stereocenters. The SMILES string of the molecule is CN1CCN(Cc2ccccc2)/C1=N/O. The highest BCUT2D eigenvalue weighted by Crippen LogP contribution is 2.11. The van der Waals surface area contributed by atoms with E-state index in [2.05, 4.69) is 22.2 Å². The van der Waals surface area contributed by atoms with Gasteiger partial charge in [-0.2, -0.15) is 0 Å². The molecule has 1 fully saturated rings. The molecule has 1 saturated heterocycles. The molecule has 1 N–H and O–H groups in total. The van der Waals surface area contributed by atoms with Crippen LogP contribution in [-0.4, -0.2) is 41.1 Å². The van der Waals surface area contributed by atoms with Crippen molar-refractivity contribution in [1.82, 2.24) is 9.80 Å². The molecule has 0 amide bonds. The van der Waals surface area contributed by atoms with Crippen LogP contribution in [0.2, 0.25) is 0 Å². The molecule has 0 aromatic heterocycles. The third kappa shape index (κ3) is 2.03. The molecule has 0 spiro atoms. The second kappa shape index (κ2) is 4.21. The van der Waals surface area contributed by atoms with Gasteiger partial charge in [-0.1, -0.05) is 35.5 Å². The van der Waals surface area contributed by atoms with Gasteiger partial charge >= 0.3 is 0 Å². The number of benzene rings is 1. The van der Waals surface area contributed by atoms with Gasteiger partial charge in [0, 0.05) is 26.7 Å². The fraction of sp³-hybridized carbons (Fsp3) is 0.364. The summed E-state index contributed by atoms with van der Waals surface area (Å²) < 4.78 is 0. The first kappa shape index (κ1) is 9.83. The van der Waals surface area contributed by atoms with E-state index in [4.69, 9.17) is 5.21 Å². The number of nitrogens with zero attached hydrogens (tertiary/aromatic N) is 3. The van der Waals surface area contributed by atoms with Crippen LogP contribution in [0.15, 0.2) is 35.5 Å². The lowest BCUT2D eigenvalue weighted by Gasteiger charge is -2.18. The van der Waals surface area contributed by atoms with Gasteiger partial charge in [0.1, 0.15) is 0 Å². The summed E-state index contributed by atoms with van der Waals surface area (Å²) >= 11 is 0. The van der Waals surface area contributed by atoms with Gasteiger partial charge < -0.3 is 15.0 Å². The van der Waals surface area contributed by atoms with Crippen LogP contribution in [0.25, 0.3) is 0 Å². The van der Waals surface area contributed by atoms with Crippen molar-refractivity contribution in [3.8, 4) is 0 Å². The standard InChI is InChI=1S/C11H15N3O/c1-13-7-8-14(11(13)12-15)9-10-5-3-2-4-6-10/h2-6,15H,7-9H2,1H3/b12-11+. The van der Waals surface area contributed by atoms with Crippen LogP contribution in [0.5, 0.6) is 0 Å². The van der Waals surface area contributed by atoms with E-state index >= 15 is 0 Å². The Morgan fingerprint density at radius 3 is 2.67 bits per heavy atom. The maximum Gasteiger partial charge on any atom is 0.238 e. The summed E-state index contributed by atoms with van der Waals surface area (Å²) in [6.07, 6.45) is 0. The molecular weight excluding hydrogens is 190 g/mol. The van der Waals surface area contributed by atoms with E-state index in [0.717, 1.165) is 19.6 Å². The highest BCUT2D eigenvalue weighted by Gasteiger charge is 2.23. The number of oxime groups is 1. The topological polar surface area (TPSA) is 39.1 Å². The molecule has 0 atom stereocenters. The molecule has 1 heterocycles. The zero-order chi connectivity index (χ0) is 10.7. The number of likely N-dealkylation sites (N-methyl/N-ethyl adjacent to an activating group) is 1. The fourth-order valence-corrected chi connectivity index (χ4v) is 1.81. The van der Waals surface area contributed by atoms with Gasteiger partial charge in [0.2, 0.25) is 5.96 Å². The van der Waals surface area contributed by atoms with Crippen molar-refractivity contribution >= 4 is 5.96 Å². The Balaban J connectivity index is 2.07. The minimum absolute atomic E-state index is 0.652. The number of rotatable bonds is 2. The van der Waals surface area contributed by atoms with Gasteiger partial charge in [-0.15, -0.1) is 0 Å². The number of hydrogen-bond acceptors (Lipinski definition) is 2. The lowest BCUT2D eigenvalue weighted by atomic mass is 10.2. The lowest BCUT2D eigenvalue weighted by molar-refractivity contribution is 0.296. The van der Waals surface area contributed by atoms with Gasteiger partial charge in [-0.25, -0.2) is 0 Å². The van der Waals surface area contributed by atoms with Crippen LogP contribution < -0.4 is 0 Å². The van der Waals surface area contributed by atoms with Crippen molar-refractivity contribution in [2.75, 3.05) is 20.1 Å². The van der Waals surface area contributed by atoms with Crippen LogP contribution in [0, 0.1) is 0 Å². The van der Waals surface area contributed by atoms with Gasteiger partial charge in [-0.05, 0) is 5.56 Å². The summed E-state index contributed by atoms with van der Waals surface area (Å²) in [6.45, 7) is 2.61. The molecule has 0 radical (unpaired) electrons. The Hall–Kier alpha value is -1.71. The Morgan fingerprint density at radius 2 is 2.00 bits per heavy atom. The maximum absolute atomic E-state index is 8.89. The van der Waals surface area contributed by atoms with Crippen molar-refractivity contribution in [3.63, 3.8) is 0 Å². The second-order valence-electron chi connectivity index (χ2n) is 3.73. The minimum Gasteiger partial charge on any atom is -0.408 e. The Labute approximate surface area is 89.4 Å². The molecule has 2 rings (SSSR count). The molecule has 0 bridgehead atoms. The highest BCUT2D eigenvalue weighted by molar-refractivity contribution is 5.81. The van der Waals surface area contributed by atoms with E-state index in [9.17, 15) is 0 Å². The zero-order valence-electron chi connectivity index (χ0n) is 8.80. The molecule has 80 valence electrons. The van der Waals surface area contributed by atoms with Crippen LogP contribution in [0.4, 0.5) is 0 Å². The average molecular weight is 205 g/mol. The molecule has 4 heteroatoms. The van der Waals surface area contributed by atoms with Crippen LogP contribution in [-0.2, 0) is 6.54 Å². The Morgan fingerprint density at radius 1 is 1.27 bits per heavy atom. The summed E-state index contributed by atoms with van der Waals surface area (Å²) in [6, 6.07) is 10.2. The molecule has 15 heavy (non-hydrogen) atoms. The predicted molar refractivity (Wildman–Crippen MR) is 58.7 cm³/mol. The first-order valence-corrected chi connectivity index (χ1v) is 5.03. The third-order valence-corrected chi connectivity index (χ3v) is 2.64. The number of hydrogen-bond donors (Lipinski definition) is 1. The smallest absolute Gasteiger partial charge is 0.238 e. The van der Waals surface area contributed by atoms with Crippen molar-refractivity contribution in [1.29, 1.82) is 0 Å². The van der Waals surface area contributed by atoms with E-state index in [1.165, 1.54) is 5.56 Å². The summed E-state index contributed by atoms with van der Waals surface area (Å²) in [5.74, 6) is 0.652. The van der Waals surface area contributed by atoms with Crippen LogP contribution >= 0.6 is 0 Å². The molecule has 1 aromatic rings. The van der Waals surface area contributed by atoms with Crippen molar-refractivity contribution < 1.29 is 5.21 Å². The van der Waals surface area contributed by atoms with Gasteiger partial charge in [0.25, 0.3) is 0 Å². The van der Waals surface area contributed by atoms with E-state index in [1.54, 1.807) is 0 Å². The van der Waals surface area contributed by atoms with E-state index in [0.29, 0.717) is 5.96 Å². The Kier molecular flexibility index (Phi) is 2.76. The largest absolute Gasteiger partial charge is 0.408 e. The van der Waals surface area contributed by atoms with Gasteiger partial charge in [0.15, 0.2) is 0 Å². The summed E-state index contributed by atoms with van der Waals surface area (Å²) in [5, 5.41) is 12.2. The molecule has 0 aliphatic carbocycles. The van der Waals surface area contributed by atoms with Crippen molar-refractivity contribution in [3.05, 3.63) is 35.9 Å². The van der Waals surface area contributed by atoms with Gasteiger partial charge in [0.05, 0.1) is 0 Å². The average Bonchev–Trinajstić information content (AvgIpc) is 2.61. The van der Waals surface area contributed by atoms with Crippen LogP contribution in [0.3, 0.4) is 0 Å². The summed E-state index contributed by atoms with van der Waals surface area (Å²) in [7, 11) is 1.93. The fourth-order valence-electron chi connectivity index (χ4n) is 1.81. The first-order valence-electron chi connectivity index (χ1n) is 5.03. The lowest BCUT2D eigenvalue weighted by Crippen LogP contribution is -2.30. The maximum atomic E-state index is 8.89. The monoisotopic (exact) mass is 205 g/mol. The first-order chi connectivity index (χ1) is 7.31. The van der Waals surface area contributed by atoms with Crippen molar-refractivity contribution in [2.45, 2.75) is 6.54 Å². The third-order valence-electron chi connectivity index (χ3n) is 2.64. The second-order valence-corrected chi connectivity index (χ2v) is 3.73. The van der Waals surface area contributed by atoms with Crippen LogP contribution in [0.1, 0.15) is 5.56 Å². The van der Waals surface area contributed by atoms with E-state index in [1.807, 2.05) is 30.1 Å². The Bertz CT molecular complexity index is 350. The highest BCUT2D eigenvalue weighted by atomic mass is 16.4. The van der Waals surface area contributed by atoms with E-state index in [-0.39, 0.29) is 0 Å². The predicted octanol–water partition coefficient (Wildman–Crippen LogP) is 1.18. The van der Waals surface area contributed by atoms with Gasteiger partial charge in [-0.3, -0.25) is 0 Å². The number of guanidine groups is 1. The van der Waals surface area contributed by atoms with E-state index < -0.39 is 0 Å². The normalized spacial score (nSPS) is 18.9. The molecule has 4 nitrogen and oxygen atoms in total. The molecular formula is C11H15N3O. The molecule has 0 saturated carbocycles.